The SMILES string of the molecule is CC.CN1CC[NH+](C)CC1. The molecule has 2 heteroatoms. The summed E-state index contributed by atoms with van der Waals surface area (Å²) in [6.07, 6.45) is 0. The Bertz CT molecular complexity index is 55.7. The normalized spacial score (nSPS) is 21.6. The second kappa shape index (κ2) is 5.69. The Balaban J connectivity index is 0.000000371. The van der Waals surface area contributed by atoms with E-state index in [9.17, 15) is 0 Å². The van der Waals surface area contributed by atoms with Crippen LogP contribution in [0.3, 0.4) is 0 Å². The van der Waals surface area contributed by atoms with Gasteiger partial charge in [-0.25, -0.2) is 0 Å². The maximum absolute atomic E-state index is 2.38. The van der Waals surface area contributed by atoms with Crippen molar-refractivity contribution < 1.29 is 4.90 Å². The van der Waals surface area contributed by atoms with Crippen LogP contribution in [0.5, 0.6) is 0 Å². The van der Waals surface area contributed by atoms with Gasteiger partial charge in [0.15, 0.2) is 0 Å². The minimum Gasteiger partial charge on any atom is -0.335 e. The van der Waals surface area contributed by atoms with Gasteiger partial charge < -0.3 is 4.90 Å². The van der Waals surface area contributed by atoms with Crippen molar-refractivity contribution in [3.05, 3.63) is 0 Å². The van der Waals surface area contributed by atoms with Crippen LogP contribution in [0.25, 0.3) is 0 Å². The molecule has 1 N–H and O–H groups in total. The van der Waals surface area contributed by atoms with Crippen molar-refractivity contribution >= 4 is 0 Å². The lowest BCUT2D eigenvalue weighted by molar-refractivity contribution is -0.884. The lowest BCUT2D eigenvalue weighted by Crippen LogP contribution is -3.11. The summed E-state index contributed by atoms with van der Waals surface area (Å²) in [6, 6.07) is 0. The fraction of sp³-hybridized carbons (Fsp3) is 1.00. The fourth-order valence-corrected chi connectivity index (χ4v) is 1.00. The Morgan fingerprint density at radius 2 is 1.50 bits per heavy atom. The molecule has 1 saturated heterocycles. The van der Waals surface area contributed by atoms with E-state index in [1.165, 1.54) is 26.2 Å². The maximum Gasteiger partial charge on any atom is 0.0898 e. The van der Waals surface area contributed by atoms with Crippen LogP contribution in [0.4, 0.5) is 0 Å². The van der Waals surface area contributed by atoms with Gasteiger partial charge in [0, 0.05) is 13.1 Å². The average Bonchev–Trinajstić information content (AvgIpc) is 2.00. The second-order valence-electron chi connectivity index (χ2n) is 2.76. The molecule has 62 valence electrons. The van der Waals surface area contributed by atoms with Crippen LogP contribution < -0.4 is 4.90 Å². The zero-order chi connectivity index (χ0) is 7.98. The van der Waals surface area contributed by atoms with Gasteiger partial charge in [-0.1, -0.05) is 13.8 Å². The van der Waals surface area contributed by atoms with Crippen molar-refractivity contribution in [2.45, 2.75) is 13.8 Å². The zero-order valence-electron chi connectivity index (χ0n) is 7.78. The van der Waals surface area contributed by atoms with Gasteiger partial charge in [0.25, 0.3) is 0 Å². The molecule has 2 nitrogen and oxygen atoms in total. The summed E-state index contributed by atoms with van der Waals surface area (Å²) in [5.41, 5.74) is 0. The first-order valence-electron chi connectivity index (χ1n) is 4.29. The first-order valence-corrected chi connectivity index (χ1v) is 4.29. The molecule has 0 saturated carbocycles. The maximum atomic E-state index is 2.38. The standard InChI is InChI=1S/C6H14N2.C2H6/c1-7-3-5-8(2)6-4-7;1-2/h3-6H2,1-2H3;1-2H3/p+1. The van der Waals surface area contributed by atoms with Crippen LogP contribution in [0.2, 0.25) is 0 Å². The van der Waals surface area contributed by atoms with E-state index in [1.54, 1.807) is 4.90 Å². The van der Waals surface area contributed by atoms with Crippen molar-refractivity contribution in [2.75, 3.05) is 40.3 Å². The van der Waals surface area contributed by atoms with Crippen molar-refractivity contribution in [1.29, 1.82) is 0 Å². The van der Waals surface area contributed by atoms with Crippen molar-refractivity contribution in [3.8, 4) is 0 Å². The predicted molar refractivity (Wildman–Crippen MR) is 45.5 cm³/mol. The topological polar surface area (TPSA) is 7.68 Å². The Morgan fingerprint density at radius 1 is 1.10 bits per heavy atom. The van der Waals surface area contributed by atoms with E-state index < -0.39 is 0 Å². The Morgan fingerprint density at radius 3 is 1.80 bits per heavy atom. The molecule has 0 bridgehead atoms. The van der Waals surface area contributed by atoms with E-state index in [4.69, 9.17) is 0 Å². The van der Waals surface area contributed by atoms with Crippen molar-refractivity contribution in [2.24, 2.45) is 0 Å². The molecular formula is C8H21N2+. The summed E-state index contributed by atoms with van der Waals surface area (Å²) in [6.45, 7) is 9.17. The smallest absolute Gasteiger partial charge is 0.0898 e. The molecule has 0 unspecified atom stereocenters. The first-order chi connectivity index (χ1) is 4.79. The highest BCUT2D eigenvalue weighted by molar-refractivity contribution is 4.51. The lowest BCUT2D eigenvalue weighted by Gasteiger charge is -2.26. The summed E-state index contributed by atoms with van der Waals surface area (Å²) in [5, 5.41) is 0. The summed E-state index contributed by atoms with van der Waals surface area (Å²) >= 11 is 0. The van der Waals surface area contributed by atoms with Gasteiger partial charge in [0.1, 0.15) is 0 Å². The van der Waals surface area contributed by atoms with Crippen LogP contribution >= 0.6 is 0 Å². The average molecular weight is 145 g/mol. The third-order valence-corrected chi connectivity index (χ3v) is 1.84. The van der Waals surface area contributed by atoms with Gasteiger partial charge in [0.2, 0.25) is 0 Å². The lowest BCUT2D eigenvalue weighted by atomic mass is 10.4. The van der Waals surface area contributed by atoms with Crippen molar-refractivity contribution in [1.82, 2.24) is 4.90 Å². The van der Waals surface area contributed by atoms with E-state index in [-0.39, 0.29) is 0 Å². The number of hydrogen-bond donors (Lipinski definition) is 1. The summed E-state index contributed by atoms with van der Waals surface area (Å²) in [4.78, 5) is 4.05. The molecule has 1 aliphatic rings. The third kappa shape index (κ3) is 3.85. The summed E-state index contributed by atoms with van der Waals surface area (Å²) < 4.78 is 0. The number of nitrogens with one attached hydrogen (secondary N) is 1. The highest BCUT2D eigenvalue weighted by Crippen LogP contribution is 1.79. The summed E-state index contributed by atoms with van der Waals surface area (Å²) in [7, 11) is 4.44. The number of nitrogens with zero attached hydrogens (tertiary/aromatic N) is 1. The number of piperazine rings is 1. The Hall–Kier alpha value is -0.0800. The molecular weight excluding hydrogens is 124 g/mol. The predicted octanol–water partition coefficient (Wildman–Crippen LogP) is -0.527. The molecule has 1 fully saturated rings. The van der Waals surface area contributed by atoms with Crippen LogP contribution in [0.15, 0.2) is 0 Å². The van der Waals surface area contributed by atoms with Gasteiger partial charge in [-0.3, -0.25) is 4.90 Å². The summed E-state index contributed by atoms with van der Waals surface area (Å²) in [5.74, 6) is 0. The minimum atomic E-state index is 1.27. The molecule has 1 aliphatic heterocycles. The molecule has 10 heavy (non-hydrogen) atoms. The third-order valence-electron chi connectivity index (χ3n) is 1.84. The molecule has 1 rings (SSSR count). The molecule has 0 amide bonds. The van der Waals surface area contributed by atoms with E-state index in [2.05, 4.69) is 19.0 Å². The number of likely N-dealkylation sites (N-methyl/N-ethyl adjacent to an activating group) is 2. The molecule has 0 radical (unpaired) electrons. The molecule has 0 aromatic rings. The molecule has 0 aromatic heterocycles. The van der Waals surface area contributed by atoms with Crippen LogP contribution in [-0.4, -0.2) is 45.2 Å². The highest BCUT2D eigenvalue weighted by atomic mass is 15.2. The second-order valence-corrected chi connectivity index (χ2v) is 2.76. The largest absolute Gasteiger partial charge is 0.335 e. The highest BCUT2D eigenvalue weighted by Gasteiger charge is 2.11. The van der Waals surface area contributed by atoms with Crippen LogP contribution in [0, 0.1) is 0 Å². The first kappa shape index (κ1) is 9.92. The fourth-order valence-electron chi connectivity index (χ4n) is 1.00. The monoisotopic (exact) mass is 145 g/mol. The zero-order valence-corrected chi connectivity index (χ0v) is 7.78. The Labute approximate surface area is 64.8 Å². The van der Waals surface area contributed by atoms with E-state index in [1.807, 2.05) is 13.8 Å². The van der Waals surface area contributed by atoms with Gasteiger partial charge in [0.05, 0.1) is 20.1 Å². The van der Waals surface area contributed by atoms with Gasteiger partial charge in [-0.05, 0) is 7.05 Å². The van der Waals surface area contributed by atoms with Gasteiger partial charge in [-0.2, -0.15) is 0 Å². The van der Waals surface area contributed by atoms with Crippen molar-refractivity contribution in [3.63, 3.8) is 0 Å². The molecule has 0 atom stereocenters. The van der Waals surface area contributed by atoms with E-state index in [0.717, 1.165) is 0 Å². The van der Waals surface area contributed by atoms with Crippen LogP contribution in [-0.2, 0) is 0 Å². The number of quaternary nitrogens is 1. The number of hydrogen-bond acceptors (Lipinski definition) is 1. The van der Waals surface area contributed by atoms with Crippen LogP contribution in [0.1, 0.15) is 13.8 Å². The van der Waals surface area contributed by atoms with E-state index >= 15 is 0 Å². The van der Waals surface area contributed by atoms with Gasteiger partial charge in [-0.15, -0.1) is 0 Å². The molecule has 0 aromatic carbocycles. The number of rotatable bonds is 0. The Kier molecular flexibility index (Phi) is 5.64. The van der Waals surface area contributed by atoms with Gasteiger partial charge >= 0.3 is 0 Å². The van der Waals surface area contributed by atoms with E-state index in [0.29, 0.717) is 0 Å². The molecule has 0 aliphatic carbocycles. The minimum absolute atomic E-state index is 1.27. The molecule has 0 spiro atoms. The quantitative estimate of drug-likeness (QED) is 0.481. The molecule has 1 heterocycles.